The normalized spacial score (nSPS) is 14.3. The number of ether oxygens (including phenoxy) is 1. The third-order valence-corrected chi connectivity index (χ3v) is 5.83. The van der Waals surface area contributed by atoms with E-state index >= 15 is 0 Å². The fourth-order valence-electron chi connectivity index (χ4n) is 3.89. The van der Waals surface area contributed by atoms with Crippen LogP contribution in [0.5, 0.6) is 5.75 Å². The molecule has 1 N–H and O–H groups in total. The van der Waals surface area contributed by atoms with Crippen LogP contribution in [0, 0.1) is 11.7 Å². The van der Waals surface area contributed by atoms with Crippen LogP contribution in [0.2, 0.25) is 0 Å². The third kappa shape index (κ3) is 7.48. The highest BCUT2D eigenvalue weighted by atomic mass is 19.1. The quantitative estimate of drug-likeness (QED) is 0.634. The van der Waals surface area contributed by atoms with Gasteiger partial charge in [0.1, 0.15) is 11.6 Å². The molecule has 0 spiro atoms. The second-order valence-electron chi connectivity index (χ2n) is 9.00. The smallest absolute Gasteiger partial charge is 0.318 e. The van der Waals surface area contributed by atoms with Gasteiger partial charge in [0.05, 0.1) is 6.61 Å². The first kappa shape index (κ1) is 24.6. The number of carbonyl (C=O) groups excluding carboxylic acids is 2. The Morgan fingerprint density at radius 2 is 1.67 bits per heavy atom. The van der Waals surface area contributed by atoms with E-state index in [0.717, 1.165) is 29.7 Å². The van der Waals surface area contributed by atoms with Gasteiger partial charge in [0, 0.05) is 39.1 Å². The van der Waals surface area contributed by atoms with Crippen LogP contribution in [-0.2, 0) is 17.9 Å². The molecule has 6 nitrogen and oxygen atoms in total. The van der Waals surface area contributed by atoms with Crippen molar-refractivity contribution in [3.63, 3.8) is 0 Å². The molecule has 3 rings (SSSR count). The van der Waals surface area contributed by atoms with Gasteiger partial charge in [-0.25, -0.2) is 9.18 Å². The molecule has 33 heavy (non-hydrogen) atoms. The number of nitrogens with one attached hydrogen (secondary N) is 1. The standard InChI is InChI=1S/C26H34FN3O3/c1-19(2)18-33-25-10-6-21(7-11-25)16-28-26(32)30(17-22-4-8-23(27)9-5-22)24-12-14-29(15-13-24)20(3)31/h4-11,19,24H,12-18H2,1-3H3,(H,28,32). The maximum absolute atomic E-state index is 13.3. The summed E-state index contributed by atoms with van der Waals surface area (Å²) < 4.78 is 19.1. The number of rotatable bonds is 8. The molecule has 0 atom stereocenters. The highest BCUT2D eigenvalue weighted by Gasteiger charge is 2.29. The first-order valence-corrected chi connectivity index (χ1v) is 11.6. The lowest BCUT2D eigenvalue weighted by Gasteiger charge is -2.38. The summed E-state index contributed by atoms with van der Waals surface area (Å²) in [6.45, 7) is 8.49. The molecule has 0 radical (unpaired) electrons. The van der Waals surface area contributed by atoms with Crippen LogP contribution in [0.1, 0.15) is 44.7 Å². The van der Waals surface area contributed by atoms with Gasteiger partial charge in [0.15, 0.2) is 0 Å². The molecule has 1 aliphatic heterocycles. The Balaban J connectivity index is 1.63. The monoisotopic (exact) mass is 455 g/mol. The summed E-state index contributed by atoms with van der Waals surface area (Å²) in [5, 5.41) is 3.02. The lowest BCUT2D eigenvalue weighted by Crippen LogP contribution is -2.50. The van der Waals surface area contributed by atoms with Gasteiger partial charge in [-0.3, -0.25) is 4.79 Å². The van der Waals surface area contributed by atoms with E-state index < -0.39 is 0 Å². The Hall–Kier alpha value is -3.09. The van der Waals surface area contributed by atoms with Crippen molar-refractivity contribution in [1.82, 2.24) is 15.1 Å². The van der Waals surface area contributed by atoms with E-state index in [1.807, 2.05) is 34.1 Å². The van der Waals surface area contributed by atoms with Crippen LogP contribution < -0.4 is 10.1 Å². The van der Waals surface area contributed by atoms with E-state index in [1.54, 1.807) is 19.1 Å². The molecule has 0 aromatic heterocycles. The van der Waals surface area contributed by atoms with E-state index in [1.165, 1.54) is 12.1 Å². The van der Waals surface area contributed by atoms with Crippen LogP contribution in [0.4, 0.5) is 9.18 Å². The van der Waals surface area contributed by atoms with Crippen molar-refractivity contribution in [2.24, 2.45) is 5.92 Å². The second kappa shape index (κ2) is 11.7. The van der Waals surface area contributed by atoms with Gasteiger partial charge in [0.2, 0.25) is 5.91 Å². The minimum absolute atomic E-state index is 0.0115. The first-order chi connectivity index (χ1) is 15.8. The summed E-state index contributed by atoms with van der Waals surface area (Å²) in [4.78, 5) is 28.5. The molecule has 7 heteroatoms. The molecule has 0 unspecified atom stereocenters. The molecule has 1 aliphatic rings. The lowest BCUT2D eigenvalue weighted by atomic mass is 10.0. The van der Waals surface area contributed by atoms with Crippen molar-refractivity contribution in [2.75, 3.05) is 19.7 Å². The third-order valence-electron chi connectivity index (χ3n) is 5.83. The van der Waals surface area contributed by atoms with Gasteiger partial charge in [-0.05, 0) is 54.2 Å². The summed E-state index contributed by atoms with van der Waals surface area (Å²) in [6, 6.07) is 13.8. The minimum atomic E-state index is -0.301. The second-order valence-corrected chi connectivity index (χ2v) is 9.00. The topological polar surface area (TPSA) is 61.9 Å². The van der Waals surface area contributed by atoms with Crippen LogP contribution in [-0.4, -0.2) is 47.5 Å². The predicted molar refractivity (Wildman–Crippen MR) is 126 cm³/mol. The molecule has 0 saturated carbocycles. The van der Waals surface area contributed by atoms with Crippen molar-refractivity contribution in [3.8, 4) is 5.75 Å². The number of carbonyl (C=O) groups is 2. The van der Waals surface area contributed by atoms with Crippen molar-refractivity contribution < 1.29 is 18.7 Å². The van der Waals surface area contributed by atoms with Gasteiger partial charge < -0.3 is 19.9 Å². The fraction of sp³-hybridized carbons (Fsp3) is 0.462. The molecule has 3 amide bonds. The van der Waals surface area contributed by atoms with Gasteiger partial charge in [-0.15, -0.1) is 0 Å². The van der Waals surface area contributed by atoms with Gasteiger partial charge in [0.25, 0.3) is 0 Å². The summed E-state index contributed by atoms with van der Waals surface area (Å²) in [5.41, 5.74) is 1.85. The molecule has 1 heterocycles. The van der Waals surface area contributed by atoms with E-state index in [9.17, 15) is 14.0 Å². The van der Waals surface area contributed by atoms with Crippen molar-refractivity contribution >= 4 is 11.9 Å². The number of hydrogen-bond acceptors (Lipinski definition) is 3. The molecule has 1 saturated heterocycles. The first-order valence-electron chi connectivity index (χ1n) is 11.6. The van der Waals surface area contributed by atoms with Gasteiger partial charge in [-0.2, -0.15) is 0 Å². The van der Waals surface area contributed by atoms with E-state index in [2.05, 4.69) is 19.2 Å². The lowest BCUT2D eigenvalue weighted by molar-refractivity contribution is -0.130. The predicted octanol–water partition coefficient (Wildman–Crippen LogP) is 4.58. The van der Waals surface area contributed by atoms with Crippen LogP contribution in [0.25, 0.3) is 0 Å². The Morgan fingerprint density at radius 1 is 1.06 bits per heavy atom. The number of urea groups is 1. The summed E-state index contributed by atoms with van der Waals surface area (Å²) in [5.74, 6) is 1.03. The molecule has 2 aromatic rings. The maximum atomic E-state index is 13.3. The van der Waals surface area contributed by atoms with Gasteiger partial charge in [-0.1, -0.05) is 38.1 Å². The number of nitrogens with zero attached hydrogens (tertiary/aromatic N) is 2. The highest BCUT2D eigenvalue weighted by Crippen LogP contribution is 2.20. The zero-order valence-corrected chi connectivity index (χ0v) is 19.7. The SMILES string of the molecule is CC(=O)N1CCC(N(Cc2ccc(F)cc2)C(=O)NCc2ccc(OCC(C)C)cc2)CC1. The van der Waals surface area contributed by atoms with Crippen molar-refractivity contribution in [2.45, 2.75) is 52.7 Å². The molecule has 1 fully saturated rings. The largest absolute Gasteiger partial charge is 0.493 e. The zero-order chi connectivity index (χ0) is 23.8. The molecule has 0 aliphatic carbocycles. The number of amides is 3. The van der Waals surface area contributed by atoms with E-state index in [0.29, 0.717) is 38.7 Å². The van der Waals surface area contributed by atoms with E-state index in [4.69, 9.17) is 4.74 Å². The maximum Gasteiger partial charge on any atom is 0.318 e. The van der Waals surface area contributed by atoms with Crippen LogP contribution >= 0.6 is 0 Å². The average Bonchev–Trinajstić information content (AvgIpc) is 2.81. The molecular weight excluding hydrogens is 421 g/mol. The molecule has 0 bridgehead atoms. The van der Waals surface area contributed by atoms with Crippen LogP contribution in [0.3, 0.4) is 0 Å². The summed E-state index contributed by atoms with van der Waals surface area (Å²) in [7, 11) is 0. The minimum Gasteiger partial charge on any atom is -0.493 e. The van der Waals surface area contributed by atoms with E-state index in [-0.39, 0.29) is 23.8 Å². The number of likely N-dealkylation sites (tertiary alicyclic amines) is 1. The Bertz CT molecular complexity index is 907. The number of halogens is 1. The average molecular weight is 456 g/mol. The molecule has 2 aromatic carbocycles. The molecular formula is C26H34FN3O3. The Kier molecular flexibility index (Phi) is 8.69. The van der Waals surface area contributed by atoms with Crippen LogP contribution in [0.15, 0.2) is 48.5 Å². The fourth-order valence-corrected chi connectivity index (χ4v) is 3.89. The number of benzene rings is 2. The van der Waals surface area contributed by atoms with Crippen molar-refractivity contribution in [1.29, 1.82) is 0 Å². The number of hydrogen-bond donors (Lipinski definition) is 1. The highest BCUT2D eigenvalue weighted by molar-refractivity contribution is 5.75. The van der Waals surface area contributed by atoms with Crippen molar-refractivity contribution in [3.05, 3.63) is 65.5 Å². The molecule has 178 valence electrons. The Morgan fingerprint density at radius 3 is 2.24 bits per heavy atom. The van der Waals surface area contributed by atoms with Gasteiger partial charge >= 0.3 is 6.03 Å². The summed E-state index contributed by atoms with van der Waals surface area (Å²) >= 11 is 0. The summed E-state index contributed by atoms with van der Waals surface area (Å²) in [6.07, 6.45) is 1.44. The zero-order valence-electron chi connectivity index (χ0n) is 19.7. The number of piperidine rings is 1. The Labute approximate surface area is 195 Å².